The van der Waals surface area contributed by atoms with E-state index in [2.05, 4.69) is 33.2 Å². The van der Waals surface area contributed by atoms with Crippen molar-refractivity contribution in [3.8, 4) is 0 Å². The molecule has 0 atom stereocenters. The van der Waals surface area contributed by atoms with Crippen LogP contribution in [0.2, 0.25) is 0 Å². The molecule has 0 amide bonds. The number of anilines is 2. The summed E-state index contributed by atoms with van der Waals surface area (Å²) in [5, 5.41) is 48.3. The Morgan fingerprint density at radius 3 is 1.36 bits per heavy atom. The van der Waals surface area contributed by atoms with E-state index in [-0.39, 0.29) is 11.6 Å². The maximum absolute atomic E-state index is 10.9. The third-order valence-corrected chi connectivity index (χ3v) is 7.11. The van der Waals surface area contributed by atoms with Crippen LogP contribution in [0.4, 0.5) is 34.4 Å². The van der Waals surface area contributed by atoms with Crippen LogP contribution in [-0.2, 0) is 38.1 Å². The molecule has 1 aliphatic rings. The molecule has 0 spiro atoms. The number of nitrogens with zero attached hydrogens (tertiary/aromatic N) is 8. The average Bonchev–Trinajstić information content (AvgIpc) is 3.69. The Balaban J connectivity index is 0. The van der Waals surface area contributed by atoms with E-state index >= 15 is 0 Å². The van der Waals surface area contributed by atoms with Crippen LogP contribution in [0.15, 0.2) is 24.5 Å². The van der Waals surface area contributed by atoms with Crippen molar-refractivity contribution >= 4 is 55.2 Å². The van der Waals surface area contributed by atoms with Gasteiger partial charge in [-0.2, -0.15) is 8.42 Å². The van der Waals surface area contributed by atoms with E-state index in [9.17, 15) is 61.8 Å². The first-order chi connectivity index (χ1) is 25.3. The lowest BCUT2D eigenvalue weighted by molar-refractivity contribution is -0.868. The summed E-state index contributed by atoms with van der Waals surface area (Å²) in [6, 6.07) is 1.80. The number of likely N-dealkylation sites (N-methyl/N-ethyl adjacent to an activating group) is 2. The highest BCUT2D eigenvalue weighted by molar-refractivity contribution is 7.81. The van der Waals surface area contributed by atoms with Crippen molar-refractivity contribution in [3.63, 3.8) is 0 Å². The first kappa shape index (κ1) is 52.2. The minimum absolute atomic E-state index is 0.0347. The Kier molecular flexibility index (Phi) is 24.7. The van der Waals surface area contributed by atoms with E-state index in [0.717, 1.165) is 65.6 Å². The number of ether oxygens (including phenoxy) is 1. The highest BCUT2D eigenvalue weighted by atomic mass is 32.3. The molecule has 0 aliphatic carbocycles. The number of hydrogen-bond donors (Lipinski definition) is 2. The molecule has 314 valence electrons. The van der Waals surface area contributed by atoms with Gasteiger partial charge in [0, 0.05) is 26.3 Å². The lowest BCUT2D eigenvalue weighted by Gasteiger charge is -2.23. The molecule has 2 N–H and O–H groups in total. The van der Waals surface area contributed by atoms with Crippen molar-refractivity contribution in [2.24, 2.45) is 0 Å². The molecule has 0 unspecified atom stereocenters. The van der Waals surface area contributed by atoms with Gasteiger partial charge in [0.15, 0.2) is 0 Å². The Hall–Kier alpha value is -4.88. The van der Waals surface area contributed by atoms with Crippen LogP contribution in [-0.4, -0.2) is 156 Å². The quantitative estimate of drug-likeness (QED) is 0.0839. The Morgan fingerprint density at radius 2 is 1.13 bits per heavy atom. The van der Waals surface area contributed by atoms with Gasteiger partial charge in [-0.25, -0.2) is 18.4 Å². The molecule has 0 radical (unpaired) electrons. The van der Waals surface area contributed by atoms with Crippen LogP contribution >= 0.6 is 0 Å². The molecule has 0 bridgehead atoms. The topological polar surface area (TPSA) is 354 Å². The van der Waals surface area contributed by atoms with Crippen LogP contribution in [0.1, 0.15) is 12.8 Å². The maximum atomic E-state index is 10.9. The summed E-state index contributed by atoms with van der Waals surface area (Å²) in [5.41, 5.74) is -1.60. The van der Waals surface area contributed by atoms with Gasteiger partial charge in [-0.1, -0.05) is 0 Å². The highest BCUT2D eigenvalue weighted by Gasteiger charge is 2.22. The molecule has 55 heavy (non-hydrogen) atoms. The molecule has 1 fully saturated rings. The summed E-state index contributed by atoms with van der Waals surface area (Å²) in [4.78, 5) is 49.2. The molecule has 27 nitrogen and oxygen atoms in total. The molecular weight excluding hydrogens is 788 g/mol. The lowest BCUT2D eigenvalue weighted by atomic mass is 10.3. The largest absolute Gasteiger partial charge is 0.726 e. The van der Waals surface area contributed by atoms with Crippen LogP contribution in [0.25, 0.3) is 0 Å². The number of rotatable bonds is 15. The van der Waals surface area contributed by atoms with E-state index in [4.69, 9.17) is 4.74 Å². The van der Waals surface area contributed by atoms with E-state index in [1.54, 1.807) is 0 Å². The predicted octanol–water partition coefficient (Wildman–Crippen LogP) is 1.30. The van der Waals surface area contributed by atoms with E-state index in [1.807, 2.05) is 40.1 Å². The van der Waals surface area contributed by atoms with E-state index in [1.165, 1.54) is 12.8 Å². The summed E-state index contributed by atoms with van der Waals surface area (Å²) < 4.78 is 64.2. The Morgan fingerprint density at radius 1 is 0.745 bits per heavy atom. The number of pyridine rings is 2. The molecule has 2 aromatic heterocycles. The monoisotopic (exact) mass is 834 g/mol. The molecule has 3 heterocycles. The van der Waals surface area contributed by atoms with Crippen molar-refractivity contribution < 1.29 is 62.9 Å². The van der Waals surface area contributed by atoms with Gasteiger partial charge in [0.2, 0.25) is 22.0 Å². The second-order valence-corrected chi connectivity index (χ2v) is 14.1. The SMILES string of the molecule is C1CCOC1.CN(C)CCNc1ncc([N+](=O)[O-])cc1[N+](=O)[O-].COS(=O)(=O)OC.COS(=O)(=O)[O-].C[N+](C)(C)CCNc1ncc([N+](=O)[O-])cc1[N+](=O)[O-]. The third-order valence-electron chi connectivity index (χ3n) is 5.89. The minimum Gasteiger partial charge on any atom is -0.726 e. The highest BCUT2D eigenvalue weighted by Crippen LogP contribution is 2.27. The first-order valence-electron chi connectivity index (χ1n) is 15.3. The van der Waals surface area contributed by atoms with Gasteiger partial charge in [-0.15, -0.1) is 0 Å². The molecule has 29 heteroatoms. The molecule has 2 aromatic rings. The molecule has 0 aromatic carbocycles. The molecule has 3 rings (SSSR count). The zero-order valence-corrected chi connectivity index (χ0v) is 32.9. The summed E-state index contributed by atoms with van der Waals surface area (Å²) in [6.45, 7) is 4.33. The van der Waals surface area contributed by atoms with Crippen molar-refractivity contribution in [1.29, 1.82) is 0 Å². The standard InChI is InChI=1S/C10H16N5O4.C9H13N5O4.C4H8O.C2H6O4S.CH4O4S/c1-15(2,3)5-4-11-10-9(14(18)19)6-8(7-12-10)13(16)17;1-12(2)4-3-10-9-8(14(17)18)5-7(6-11-9)13(15)16;1-2-4-5-3-1;1-5-7(3,4)6-2;1-5-6(2,3)4/h6-7H,4-5H2,1-3H3,(H,11,12);5-6H,3-4H2,1-2H3,(H,10,11);1-4H2;1-2H3;1H3,(H,2,3,4)/q+1;;;;/p-1. The number of aromatic nitrogens is 2. The van der Waals surface area contributed by atoms with Gasteiger partial charge in [0.05, 0.1) is 87.4 Å². The van der Waals surface area contributed by atoms with Gasteiger partial charge < -0.3 is 29.3 Å². The number of quaternary nitrogens is 1. The van der Waals surface area contributed by atoms with Gasteiger partial charge in [-0.05, 0) is 26.9 Å². The second-order valence-electron chi connectivity index (χ2n) is 11.5. The van der Waals surface area contributed by atoms with Crippen LogP contribution in [0.3, 0.4) is 0 Å². The third kappa shape index (κ3) is 26.5. The summed E-state index contributed by atoms with van der Waals surface area (Å²) in [6.07, 6.45) is 4.55. The van der Waals surface area contributed by atoms with Crippen molar-refractivity contribution in [2.75, 3.05) is 107 Å². The zero-order chi connectivity index (χ0) is 43.0. The van der Waals surface area contributed by atoms with Gasteiger partial charge in [0.1, 0.15) is 12.4 Å². The van der Waals surface area contributed by atoms with Crippen LogP contribution in [0.5, 0.6) is 0 Å². The summed E-state index contributed by atoms with van der Waals surface area (Å²) in [5.74, 6) is 0.0801. The molecule has 0 saturated carbocycles. The van der Waals surface area contributed by atoms with E-state index < -0.39 is 63.2 Å². The Bertz CT molecular complexity index is 1720. The van der Waals surface area contributed by atoms with Crippen molar-refractivity contribution in [2.45, 2.75) is 12.8 Å². The van der Waals surface area contributed by atoms with Crippen LogP contribution < -0.4 is 10.6 Å². The fourth-order valence-electron chi connectivity index (χ4n) is 3.12. The van der Waals surface area contributed by atoms with Crippen LogP contribution in [0, 0.1) is 40.5 Å². The number of hydrogen-bond acceptors (Lipinski definition) is 22. The minimum atomic E-state index is -4.41. The summed E-state index contributed by atoms with van der Waals surface area (Å²) in [7, 11) is 4.47. The van der Waals surface area contributed by atoms with E-state index in [0.29, 0.717) is 24.1 Å². The zero-order valence-electron chi connectivity index (χ0n) is 31.3. The number of nitro groups is 4. The Labute approximate surface area is 317 Å². The van der Waals surface area contributed by atoms with Gasteiger partial charge in [0.25, 0.3) is 11.4 Å². The second kappa shape index (κ2) is 26.0. The molecule has 1 saturated heterocycles. The first-order valence-corrected chi connectivity index (χ1v) is 17.9. The van der Waals surface area contributed by atoms with Crippen molar-refractivity contribution in [1.82, 2.24) is 14.9 Å². The fourth-order valence-corrected chi connectivity index (χ4v) is 3.26. The molecular formula is C26H46N10O17S2. The smallest absolute Gasteiger partial charge is 0.399 e. The maximum Gasteiger partial charge on any atom is 0.399 e. The normalized spacial score (nSPS) is 12.2. The van der Waals surface area contributed by atoms with Crippen molar-refractivity contribution in [3.05, 3.63) is 65.0 Å². The summed E-state index contributed by atoms with van der Waals surface area (Å²) >= 11 is 0. The van der Waals surface area contributed by atoms with Gasteiger partial charge in [-0.3, -0.25) is 53.0 Å². The fraction of sp³-hybridized carbons (Fsp3) is 0.615. The average molecular weight is 835 g/mol. The lowest BCUT2D eigenvalue weighted by Crippen LogP contribution is -2.38. The number of nitrogens with one attached hydrogen (secondary N) is 2. The molecule has 1 aliphatic heterocycles. The predicted molar refractivity (Wildman–Crippen MR) is 193 cm³/mol. The van der Waals surface area contributed by atoms with Gasteiger partial charge >= 0.3 is 21.8 Å².